The zero-order valence-electron chi connectivity index (χ0n) is 18.1. The summed E-state index contributed by atoms with van der Waals surface area (Å²) in [5.74, 6) is 0.685. The van der Waals surface area contributed by atoms with Gasteiger partial charge in [-0.3, -0.25) is 9.59 Å². The number of hydrogen-bond donors (Lipinski definition) is 1. The molecule has 0 spiro atoms. The largest absolute Gasteiger partial charge is 0.484 e. The monoisotopic (exact) mass is 396 g/mol. The molecule has 0 fully saturated rings. The molecule has 2 amide bonds. The van der Waals surface area contributed by atoms with E-state index in [1.54, 1.807) is 11.8 Å². The van der Waals surface area contributed by atoms with Crippen LogP contribution in [0.15, 0.2) is 48.5 Å². The predicted octanol–water partition coefficient (Wildman–Crippen LogP) is 4.05. The molecule has 29 heavy (non-hydrogen) atoms. The van der Waals surface area contributed by atoms with Crippen LogP contribution in [0, 0.1) is 6.92 Å². The van der Waals surface area contributed by atoms with E-state index in [1.165, 1.54) is 5.56 Å². The lowest BCUT2D eigenvalue weighted by Gasteiger charge is -2.28. The summed E-state index contributed by atoms with van der Waals surface area (Å²) in [6.45, 7) is 10.6. The maximum absolute atomic E-state index is 13.0. The molecule has 2 aromatic carbocycles. The van der Waals surface area contributed by atoms with Crippen LogP contribution >= 0.6 is 0 Å². The summed E-state index contributed by atoms with van der Waals surface area (Å²) in [5, 5.41) is 2.79. The number of ether oxygens (including phenoxy) is 1. The molecule has 156 valence electrons. The minimum atomic E-state index is -0.588. The van der Waals surface area contributed by atoms with E-state index in [4.69, 9.17) is 4.74 Å². The summed E-state index contributed by atoms with van der Waals surface area (Å²) in [5.41, 5.74) is 3.31. The minimum Gasteiger partial charge on any atom is -0.484 e. The lowest BCUT2D eigenvalue weighted by atomic mass is 10.0. The average Bonchev–Trinajstić information content (AvgIpc) is 2.70. The van der Waals surface area contributed by atoms with Crippen molar-refractivity contribution in [3.05, 3.63) is 65.2 Å². The van der Waals surface area contributed by atoms with Crippen molar-refractivity contribution in [2.24, 2.45) is 0 Å². The third-order valence-electron chi connectivity index (χ3n) is 4.86. The highest BCUT2D eigenvalue weighted by Gasteiger charge is 2.26. The number of likely N-dealkylation sites (N-methyl/N-ethyl adjacent to an activating group) is 1. The second-order valence-electron chi connectivity index (χ2n) is 7.59. The van der Waals surface area contributed by atoms with Gasteiger partial charge in [-0.25, -0.2) is 0 Å². The highest BCUT2D eigenvalue weighted by atomic mass is 16.5. The Hall–Kier alpha value is -2.82. The van der Waals surface area contributed by atoms with E-state index in [0.717, 1.165) is 11.1 Å². The lowest BCUT2D eigenvalue weighted by molar-refractivity contribution is -0.142. The van der Waals surface area contributed by atoms with Crippen LogP contribution in [0.1, 0.15) is 50.3 Å². The molecule has 2 rings (SSSR count). The molecule has 0 radical (unpaired) electrons. The molecule has 0 aliphatic carbocycles. The van der Waals surface area contributed by atoms with Gasteiger partial charge in [-0.05, 0) is 49.9 Å². The zero-order chi connectivity index (χ0) is 21.4. The standard InChI is InChI=1S/C24H32N2O3/c1-6-25-24(28)19(5)26(15-20-9-7-8-18(4)14-20)23(27)16-29-22-12-10-21(11-13-22)17(2)3/h7-14,17,19H,6,15-16H2,1-5H3,(H,25,28). The van der Waals surface area contributed by atoms with Crippen LogP contribution in [-0.2, 0) is 16.1 Å². The van der Waals surface area contributed by atoms with Crippen LogP contribution in [0.2, 0.25) is 0 Å². The molecule has 0 aromatic heterocycles. The van der Waals surface area contributed by atoms with Crippen molar-refractivity contribution in [1.82, 2.24) is 10.2 Å². The Morgan fingerprint density at radius 2 is 1.76 bits per heavy atom. The number of hydrogen-bond acceptors (Lipinski definition) is 3. The van der Waals surface area contributed by atoms with Crippen molar-refractivity contribution in [2.45, 2.75) is 53.1 Å². The van der Waals surface area contributed by atoms with Crippen molar-refractivity contribution in [2.75, 3.05) is 13.2 Å². The van der Waals surface area contributed by atoms with Gasteiger partial charge in [-0.2, -0.15) is 0 Å². The number of carbonyl (C=O) groups is 2. The number of nitrogens with zero attached hydrogens (tertiary/aromatic N) is 1. The number of nitrogens with one attached hydrogen (secondary N) is 1. The summed E-state index contributed by atoms with van der Waals surface area (Å²) in [6.07, 6.45) is 0. The molecule has 1 unspecified atom stereocenters. The third kappa shape index (κ3) is 6.63. The first-order valence-corrected chi connectivity index (χ1v) is 10.2. The van der Waals surface area contributed by atoms with E-state index >= 15 is 0 Å². The summed E-state index contributed by atoms with van der Waals surface area (Å²) in [7, 11) is 0. The molecule has 1 atom stereocenters. The Bertz CT molecular complexity index is 815. The number of rotatable bonds is 9. The van der Waals surface area contributed by atoms with Gasteiger partial charge in [0, 0.05) is 13.1 Å². The average molecular weight is 397 g/mol. The van der Waals surface area contributed by atoms with Crippen LogP contribution in [0.5, 0.6) is 5.75 Å². The first-order chi connectivity index (χ1) is 13.8. The molecule has 5 heteroatoms. The SMILES string of the molecule is CCNC(=O)C(C)N(Cc1cccc(C)c1)C(=O)COc1ccc(C(C)C)cc1. The van der Waals surface area contributed by atoms with Crippen molar-refractivity contribution < 1.29 is 14.3 Å². The van der Waals surface area contributed by atoms with Crippen molar-refractivity contribution in [1.29, 1.82) is 0 Å². The van der Waals surface area contributed by atoms with Crippen LogP contribution in [0.25, 0.3) is 0 Å². The number of aryl methyl sites for hydroxylation is 1. The second-order valence-corrected chi connectivity index (χ2v) is 7.59. The smallest absolute Gasteiger partial charge is 0.261 e. The zero-order valence-corrected chi connectivity index (χ0v) is 18.1. The van der Waals surface area contributed by atoms with Gasteiger partial charge in [0.25, 0.3) is 5.91 Å². The van der Waals surface area contributed by atoms with E-state index in [2.05, 4.69) is 19.2 Å². The summed E-state index contributed by atoms with van der Waals surface area (Å²) in [6, 6.07) is 15.1. The van der Waals surface area contributed by atoms with E-state index in [1.807, 2.05) is 62.4 Å². The summed E-state index contributed by atoms with van der Waals surface area (Å²) in [4.78, 5) is 26.9. The molecule has 0 aliphatic rings. The molecule has 0 saturated heterocycles. The minimum absolute atomic E-state index is 0.114. The van der Waals surface area contributed by atoms with E-state index in [0.29, 0.717) is 24.8 Å². The van der Waals surface area contributed by atoms with Crippen molar-refractivity contribution >= 4 is 11.8 Å². The van der Waals surface area contributed by atoms with Crippen LogP contribution in [-0.4, -0.2) is 35.9 Å². The van der Waals surface area contributed by atoms with E-state index in [9.17, 15) is 9.59 Å². The molecule has 0 saturated carbocycles. The first kappa shape index (κ1) is 22.5. The normalized spacial score (nSPS) is 11.8. The summed E-state index contributed by atoms with van der Waals surface area (Å²) < 4.78 is 5.71. The van der Waals surface area contributed by atoms with E-state index < -0.39 is 6.04 Å². The molecule has 2 aromatic rings. The Morgan fingerprint density at radius 3 is 2.34 bits per heavy atom. The lowest BCUT2D eigenvalue weighted by Crippen LogP contribution is -2.49. The fraction of sp³-hybridized carbons (Fsp3) is 0.417. The molecule has 0 aliphatic heterocycles. The maximum atomic E-state index is 13.0. The molecule has 0 bridgehead atoms. The van der Waals surface area contributed by atoms with Crippen molar-refractivity contribution in [3.63, 3.8) is 0 Å². The van der Waals surface area contributed by atoms with Crippen LogP contribution in [0.3, 0.4) is 0 Å². The molecular weight excluding hydrogens is 364 g/mol. The molecular formula is C24H32N2O3. The van der Waals surface area contributed by atoms with Gasteiger partial charge in [0.05, 0.1) is 0 Å². The van der Waals surface area contributed by atoms with Gasteiger partial charge in [-0.1, -0.05) is 55.8 Å². The Labute approximate surface area is 174 Å². The fourth-order valence-corrected chi connectivity index (χ4v) is 3.09. The topological polar surface area (TPSA) is 58.6 Å². The van der Waals surface area contributed by atoms with Gasteiger partial charge in [0.2, 0.25) is 5.91 Å². The first-order valence-electron chi connectivity index (χ1n) is 10.2. The van der Waals surface area contributed by atoms with Gasteiger partial charge < -0.3 is 15.0 Å². The fourth-order valence-electron chi connectivity index (χ4n) is 3.09. The number of amides is 2. The van der Waals surface area contributed by atoms with Crippen LogP contribution in [0.4, 0.5) is 0 Å². The van der Waals surface area contributed by atoms with Crippen molar-refractivity contribution in [3.8, 4) is 5.75 Å². The Balaban J connectivity index is 2.11. The van der Waals surface area contributed by atoms with Gasteiger partial charge in [0.1, 0.15) is 11.8 Å². The Kier molecular flexibility index (Phi) is 8.25. The Morgan fingerprint density at radius 1 is 1.07 bits per heavy atom. The van der Waals surface area contributed by atoms with E-state index in [-0.39, 0.29) is 18.4 Å². The number of carbonyl (C=O) groups excluding carboxylic acids is 2. The predicted molar refractivity (Wildman–Crippen MR) is 116 cm³/mol. The van der Waals surface area contributed by atoms with Gasteiger partial charge >= 0.3 is 0 Å². The quantitative estimate of drug-likeness (QED) is 0.696. The highest BCUT2D eigenvalue weighted by molar-refractivity contribution is 5.87. The van der Waals surface area contributed by atoms with Gasteiger partial charge in [0.15, 0.2) is 6.61 Å². The van der Waals surface area contributed by atoms with Gasteiger partial charge in [-0.15, -0.1) is 0 Å². The maximum Gasteiger partial charge on any atom is 0.261 e. The molecule has 1 N–H and O–H groups in total. The molecule has 5 nitrogen and oxygen atoms in total. The van der Waals surface area contributed by atoms with Crippen LogP contribution < -0.4 is 10.1 Å². The highest BCUT2D eigenvalue weighted by Crippen LogP contribution is 2.19. The third-order valence-corrected chi connectivity index (χ3v) is 4.86. The molecule has 0 heterocycles. The summed E-state index contributed by atoms with van der Waals surface area (Å²) >= 11 is 0. The number of benzene rings is 2. The second kappa shape index (κ2) is 10.6.